The summed E-state index contributed by atoms with van der Waals surface area (Å²) in [6.45, 7) is 0. The Hall–Kier alpha value is -3.09. The number of carbonyl (C=O) groups excluding carboxylic acids is 2. The minimum Gasteiger partial charge on any atom is -0.463 e. The molecule has 144 valence electrons. The van der Waals surface area contributed by atoms with Gasteiger partial charge < -0.3 is 4.42 Å². The summed E-state index contributed by atoms with van der Waals surface area (Å²) in [4.78, 5) is 27.9. The minimum absolute atomic E-state index is 0.265. The maximum Gasteiger partial charge on any atom is 0.259 e. The van der Waals surface area contributed by atoms with Crippen LogP contribution in [0.2, 0.25) is 10.0 Å². The smallest absolute Gasteiger partial charge is 0.259 e. The lowest BCUT2D eigenvalue weighted by molar-refractivity contribution is -0.121. The van der Waals surface area contributed by atoms with Crippen LogP contribution >= 0.6 is 23.2 Å². The summed E-state index contributed by atoms with van der Waals surface area (Å²) in [7, 11) is 0. The van der Waals surface area contributed by atoms with E-state index in [1.807, 2.05) is 30.3 Å². The molecule has 5 rings (SSSR count). The van der Waals surface area contributed by atoms with Gasteiger partial charge in [-0.1, -0.05) is 41.4 Å². The van der Waals surface area contributed by atoms with Gasteiger partial charge in [-0.25, -0.2) is 4.90 Å². The van der Waals surface area contributed by atoms with Gasteiger partial charge in [0, 0.05) is 0 Å². The number of fused-ring (bicyclic) bond motifs is 1. The number of anilines is 2. The fourth-order valence-electron chi connectivity index (χ4n) is 3.71. The summed E-state index contributed by atoms with van der Waals surface area (Å²) < 4.78 is 5.49. The third-order valence-electron chi connectivity index (χ3n) is 5.00. The minimum atomic E-state index is -0.806. The SMILES string of the molecule is O=C1C2C(c3ccco3)=NN(c3ccccc3)C2C(=O)N1c1ccc(Cl)c(Cl)c1. The number of hydrogen-bond acceptors (Lipinski definition) is 5. The third-order valence-corrected chi connectivity index (χ3v) is 5.74. The molecule has 0 bridgehead atoms. The van der Waals surface area contributed by atoms with Crippen LogP contribution in [0.15, 0.2) is 76.4 Å². The highest BCUT2D eigenvalue weighted by atomic mass is 35.5. The van der Waals surface area contributed by atoms with Gasteiger partial charge in [-0.2, -0.15) is 5.10 Å². The van der Waals surface area contributed by atoms with Crippen LogP contribution in [0.3, 0.4) is 0 Å². The van der Waals surface area contributed by atoms with Crippen molar-refractivity contribution in [1.82, 2.24) is 0 Å². The van der Waals surface area contributed by atoms with E-state index in [0.29, 0.717) is 27.9 Å². The predicted octanol–water partition coefficient (Wildman–Crippen LogP) is 4.37. The molecule has 2 aliphatic heterocycles. The van der Waals surface area contributed by atoms with Crippen molar-refractivity contribution < 1.29 is 14.0 Å². The predicted molar refractivity (Wildman–Crippen MR) is 110 cm³/mol. The molecule has 0 aliphatic carbocycles. The standard InChI is InChI=1S/C21H13Cl2N3O3/c22-14-9-8-13(11-15(14)23)25-20(27)17-18(16-7-4-10-29-16)24-26(19(17)21(25)28)12-5-2-1-3-6-12/h1-11,17,19H. The zero-order valence-corrected chi connectivity index (χ0v) is 16.3. The summed E-state index contributed by atoms with van der Waals surface area (Å²) in [5, 5.41) is 6.78. The molecule has 0 radical (unpaired) electrons. The Bertz CT molecular complexity index is 1150. The monoisotopic (exact) mass is 425 g/mol. The van der Waals surface area contributed by atoms with E-state index in [-0.39, 0.29) is 16.8 Å². The molecule has 8 heteroatoms. The summed E-state index contributed by atoms with van der Waals surface area (Å²) >= 11 is 12.1. The number of para-hydroxylation sites is 1. The Kier molecular flexibility index (Phi) is 4.19. The molecule has 2 unspecified atom stereocenters. The average Bonchev–Trinajstić information content (AvgIpc) is 3.43. The van der Waals surface area contributed by atoms with Crippen molar-refractivity contribution in [2.45, 2.75) is 6.04 Å². The molecular weight excluding hydrogens is 413 g/mol. The fraction of sp³-hybridized carbons (Fsp3) is 0.0952. The highest BCUT2D eigenvalue weighted by molar-refractivity contribution is 6.42. The molecule has 3 heterocycles. The van der Waals surface area contributed by atoms with Crippen molar-refractivity contribution in [3.63, 3.8) is 0 Å². The van der Waals surface area contributed by atoms with Crippen LogP contribution < -0.4 is 9.91 Å². The molecule has 1 aromatic heterocycles. The largest absolute Gasteiger partial charge is 0.463 e. The van der Waals surface area contributed by atoms with Gasteiger partial charge in [0.05, 0.1) is 27.7 Å². The van der Waals surface area contributed by atoms with Crippen molar-refractivity contribution in [2.24, 2.45) is 11.0 Å². The van der Waals surface area contributed by atoms with Gasteiger partial charge in [-0.05, 0) is 42.5 Å². The molecule has 1 saturated heterocycles. The Morgan fingerprint density at radius 2 is 1.66 bits per heavy atom. The average molecular weight is 426 g/mol. The van der Waals surface area contributed by atoms with E-state index in [0.717, 1.165) is 4.90 Å². The summed E-state index contributed by atoms with van der Waals surface area (Å²) in [5.74, 6) is -1.10. The lowest BCUT2D eigenvalue weighted by Gasteiger charge is -2.22. The normalized spacial score (nSPS) is 21.0. The third kappa shape index (κ3) is 2.75. The van der Waals surface area contributed by atoms with Gasteiger partial charge in [0.25, 0.3) is 5.91 Å². The zero-order chi connectivity index (χ0) is 20.1. The van der Waals surface area contributed by atoms with E-state index >= 15 is 0 Å². The van der Waals surface area contributed by atoms with E-state index in [1.54, 1.807) is 29.3 Å². The van der Waals surface area contributed by atoms with Crippen LogP contribution in [0.4, 0.5) is 11.4 Å². The van der Waals surface area contributed by atoms with Crippen LogP contribution in [0.1, 0.15) is 5.76 Å². The van der Waals surface area contributed by atoms with E-state index in [9.17, 15) is 9.59 Å². The second-order valence-corrected chi connectivity index (χ2v) is 7.49. The Balaban J connectivity index is 1.63. The Labute approximate surface area is 175 Å². The van der Waals surface area contributed by atoms with Crippen molar-refractivity contribution in [3.8, 4) is 0 Å². The van der Waals surface area contributed by atoms with Gasteiger partial charge in [-0.3, -0.25) is 14.6 Å². The number of amides is 2. The molecule has 0 saturated carbocycles. The van der Waals surface area contributed by atoms with Crippen LogP contribution in [0, 0.1) is 5.92 Å². The van der Waals surface area contributed by atoms with Crippen LogP contribution in [0.5, 0.6) is 0 Å². The number of rotatable bonds is 3. The fourth-order valence-corrected chi connectivity index (χ4v) is 4.01. The number of hydrazone groups is 1. The second-order valence-electron chi connectivity index (χ2n) is 6.68. The van der Waals surface area contributed by atoms with Crippen molar-refractivity contribution in [3.05, 3.63) is 82.7 Å². The molecule has 29 heavy (non-hydrogen) atoms. The van der Waals surface area contributed by atoms with E-state index in [4.69, 9.17) is 27.6 Å². The number of carbonyl (C=O) groups is 2. The van der Waals surface area contributed by atoms with Gasteiger partial charge >= 0.3 is 0 Å². The van der Waals surface area contributed by atoms with Crippen LogP contribution in [-0.4, -0.2) is 23.6 Å². The maximum atomic E-state index is 13.4. The topological polar surface area (TPSA) is 66.1 Å². The van der Waals surface area contributed by atoms with E-state index < -0.39 is 12.0 Å². The molecule has 6 nitrogen and oxygen atoms in total. The second kappa shape index (κ2) is 6.76. The van der Waals surface area contributed by atoms with Crippen LogP contribution in [0.25, 0.3) is 0 Å². The maximum absolute atomic E-state index is 13.4. The number of hydrogen-bond donors (Lipinski definition) is 0. The van der Waals surface area contributed by atoms with Crippen molar-refractivity contribution in [1.29, 1.82) is 0 Å². The molecule has 2 aromatic carbocycles. The first kappa shape index (κ1) is 18.0. The number of halogens is 2. The molecule has 3 aromatic rings. The number of imide groups is 1. The molecule has 0 N–H and O–H groups in total. The van der Waals surface area contributed by atoms with Gasteiger partial charge in [0.15, 0.2) is 5.76 Å². The number of furan rings is 1. The molecule has 2 amide bonds. The van der Waals surface area contributed by atoms with Crippen LogP contribution in [-0.2, 0) is 9.59 Å². The molecule has 0 spiro atoms. The highest BCUT2D eigenvalue weighted by Gasteiger charge is 2.58. The quantitative estimate of drug-likeness (QED) is 0.584. The summed E-state index contributed by atoms with van der Waals surface area (Å²) in [6.07, 6.45) is 1.51. The number of benzene rings is 2. The Morgan fingerprint density at radius 3 is 2.34 bits per heavy atom. The molecule has 2 aliphatic rings. The van der Waals surface area contributed by atoms with Crippen molar-refractivity contribution >= 4 is 52.1 Å². The van der Waals surface area contributed by atoms with E-state index in [2.05, 4.69) is 5.10 Å². The first-order valence-electron chi connectivity index (χ1n) is 8.86. The summed E-state index contributed by atoms with van der Waals surface area (Å²) in [6, 6.07) is 16.6. The van der Waals surface area contributed by atoms with Gasteiger partial charge in [0.2, 0.25) is 5.91 Å². The zero-order valence-electron chi connectivity index (χ0n) is 14.8. The molecule has 2 atom stereocenters. The van der Waals surface area contributed by atoms with Gasteiger partial charge in [0.1, 0.15) is 17.7 Å². The highest BCUT2D eigenvalue weighted by Crippen LogP contribution is 2.40. The summed E-state index contributed by atoms with van der Waals surface area (Å²) in [5.41, 5.74) is 1.50. The van der Waals surface area contributed by atoms with E-state index in [1.165, 1.54) is 12.3 Å². The lowest BCUT2D eigenvalue weighted by atomic mass is 9.96. The van der Waals surface area contributed by atoms with Gasteiger partial charge in [-0.15, -0.1) is 0 Å². The molecular formula is C21H13Cl2N3O3. The lowest BCUT2D eigenvalue weighted by Crippen LogP contribution is -2.39. The first-order chi connectivity index (χ1) is 14.1. The van der Waals surface area contributed by atoms with Crippen molar-refractivity contribution in [2.75, 3.05) is 9.91 Å². The number of nitrogens with zero attached hydrogens (tertiary/aromatic N) is 3. The first-order valence-corrected chi connectivity index (χ1v) is 9.61. The Morgan fingerprint density at radius 1 is 0.862 bits per heavy atom. The molecule has 1 fully saturated rings.